The van der Waals surface area contributed by atoms with Crippen LogP contribution in [0.1, 0.15) is 4.88 Å². The Morgan fingerprint density at radius 1 is 1.32 bits per heavy atom. The van der Waals surface area contributed by atoms with Gasteiger partial charge < -0.3 is 5.32 Å². The van der Waals surface area contributed by atoms with Gasteiger partial charge in [-0.15, -0.1) is 11.3 Å². The van der Waals surface area contributed by atoms with Crippen LogP contribution in [0.4, 0.5) is 5.69 Å². The summed E-state index contributed by atoms with van der Waals surface area (Å²) < 4.78 is 0.352. The van der Waals surface area contributed by atoms with Gasteiger partial charge in [-0.3, -0.25) is 14.5 Å². The summed E-state index contributed by atoms with van der Waals surface area (Å²) in [7, 11) is 0. The van der Waals surface area contributed by atoms with Crippen molar-refractivity contribution in [3.8, 4) is 0 Å². The van der Waals surface area contributed by atoms with Crippen LogP contribution in [-0.2, 0) is 9.59 Å². The summed E-state index contributed by atoms with van der Waals surface area (Å²) in [5, 5.41) is 5.38. The molecule has 4 nitrogen and oxygen atoms in total. The summed E-state index contributed by atoms with van der Waals surface area (Å²) in [6.45, 7) is -0.175. The van der Waals surface area contributed by atoms with Crippen LogP contribution in [0.5, 0.6) is 0 Å². The van der Waals surface area contributed by atoms with Crippen molar-refractivity contribution >= 4 is 86.4 Å². The molecule has 1 aliphatic rings. The number of thiocarbonyl (C=S) groups is 1. The number of benzene rings is 1. The van der Waals surface area contributed by atoms with Crippen molar-refractivity contribution in [1.29, 1.82) is 0 Å². The molecule has 1 N–H and O–H groups in total. The number of anilines is 1. The summed E-state index contributed by atoms with van der Waals surface area (Å²) in [6.07, 6.45) is 1.78. The maximum atomic E-state index is 12.5. The Morgan fingerprint density at radius 2 is 2.12 bits per heavy atom. The predicted octanol–water partition coefficient (Wildman–Crippen LogP) is 4.89. The minimum absolute atomic E-state index is 0.175. The Kier molecular flexibility index (Phi) is 5.81. The number of thiophene rings is 1. The van der Waals surface area contributed by atoms with Crippen LogP contribution >= 0.6 is 58.5 Å². The lowest BCUT2D eigenvalue weighted by Gasteiger charge is -2.14. The zero-order valence-corrected chi connectivity index (χ0v) is 16.5. The summed E-state index contributed by atoms with van der Waals surface area (Å²) in [6, 6.07) is 8.56. The minimum atomic E-state index is -0.391. The van der Waals surface area contributed by atoms with Gasteiger partial charge in [0.15, 0.2) is 0 Å². The van der Waals surface area contributed by atoms with Gasteiger partial charge in [0.25, 0.3) is 5.91 Å². The van der Waals surface area contributed by atoms with Crippen LogP contribution in [0.15, 0.2) is 40.6 Å². The number of carbonyl (C=O) groups is 2. The van der Waals surface area contributed by atoms with E-state index in [0.29, 0.717) is 25.0 Å². The standard InChI is InChI=1S/C16H10Cl2N2O2S3/c17-9-3-4-12(11(18)6-9)19-14(21)8-20-15(22)13(25-16(20)23)7-10-2-1-5-24-10/h1-7H,8H2,(H,19,21)/b13-7+. The van der Waals surface area contributed by atoms with Crippen molar-refractivity contribution in [3.63, 3.8) is 0 Å². The maximum Gasteiger partial charge on any atom is 0.266 e. The Hall–Kier alpha value is -1.38. The molecule has 0 unspecified atom stereocenters. The highest BCUT2D eigenvalue weighted by Gasteiger charge is 2.33. The first-order valence-electron chi connectivity index (χ1n) is 6.98. The van der Waals surface area contributed by atoms with E-state index in [0.717, 1.165) is 4.88 Å². The molecule has 0 bridgehead atoms. The zero-order valence-electron chi connectivity index (χ0n) is 12.5. The summed E-state index contributed by atoms with van der Waals surface area (Å²) in [5.41, 5.74) is 0.427. The van der Waals surface area contributed by atoms with E-state index in [1.807, 2.05) is 17.5 Å². The van der Waals surface area contributed by atoms with Crippen LogP contribution in [0.3, 0.4) is 0 Å². The molecule has 2 heterocycles. The second-order valence-electron chi connectivity index (χ2n) is 4.96. The quantitative estimate of drug-likeness (QED) is 0.555. The third kappa shape index (κ3) is 4.43. The molecule has 1 saturated heterocycles. The normalized spacial score (nSPS) is 15.9. The fourth-order valence-corrected chi connectivity index (χ4v) is 4.50. The lowest BCUT2D eigenvalue weighted by molar-refractivity contribution is -0.126. The van der Waals surface area contributed by atoms with Gasteiger partial charge in [-0.25, -0.2) is 0 Å². The topological polar surface area (TPSA) is 49.4 Å². The first-order valence-corrected chi connectivity index (χ1v) is 9.84. The fourth-order valence-electron chi connectivity index (χ4n) is 2.06. The highest BCUT2D eigenvalue weighted by atomic mass is 35.5. The van der Waals surface area contributed by atoms with Gasteiger partial charge >= 0.3 is 0 Å². The molecule has 3 rings (SSSR count). The third-order valence-corrected chi connectivity index (χ3v) is 5.94. The lowest BCUT2D eigenvalue weighted by Crippen LogP contribution is -2.36. The van der Waals surface area contributed by atoms with Crippen molar-refractivity contribution in [2.75, 3.05) is 11.9 Å². The first-order chi connectivity index (χ1) is 11.9. The molecule has 2 aromatic rings. The molecule has 0 saturated carbocycles. The molecule has 0 atom stereocenters. The molecule has 25 heavy (non-hydrogen) atoms. The SMILES string of the molecule is O=C(CN1C(=O)/C(=C\c2cccs2)SC1=S)Nc1ccc(Cl)cc1Cl. The van der Waals surface area contributed by atoms with Crippen LogP contribution in [0.2, 0.25) is 10.0 Å². The van der Waals surface area contributed by atoms with Crippen molar-refractivity contribution < 1.29 is 9.59 Å². The van der Waals surface area contributed by atoms with Gasteiger partial charge in [0.1, 0.15) is 10.9 Å². The molecule has 0 radical (unpaired) electrons. The summed E-state index contributed by atoms with van der Waals surface area (Å²) in [5.74, 6) is -0.668. The number of carbonyl (C=O) groups excluding carboxylic acids is 2. The zero-order chi connectivity index (χ0) is 18.0. The molecule has 1 fully saturated rings. The van der Waals surface area contributed by atoms with E-state index in [1.54, 1.807) is 18.2 Å². The van der Waals surface area contributed by atoms with Gasteiger partial charge in [0.2, 0.25) is 5.91 Å². The Morgan fingerprint density at radius 3 is 2.80 bits per heavy atom. The van der Waals surface area contributed by atoms with E-state index >= 15 is 0 Å². The number of nitrogens with zero attached hydrogens (tertiary/aromatic N) is 1. The second-order valence-corrected chi connectivity index (χ2v) is 8.45. The summed E-state index contributed by atoms with van der Waals surface area (Å²) in [4.78, 5) is 27.4. The third-order valence-electron chi connectivity index (χ3n) is 3.20. The minimum Gasteiger partial charge on any atom is -0.323 e. The largest absolute Gasteiger partial charge is 0.323 e. The number of nitrogens with one attached hydrogen (secondary N) is 1. The van der Waals surface area contributed by atoms with Gasteiger partial charge in [0.05, 0.1) is 15.6 Å². The molecule has 0 spiro atoms. The number of rotatable bonds is 4. The average Bonchev–Trinajstić information content (AvgIpc) is 3.15. The van der Waals surface area contributed by atoms with Crippen LogP contribution in [0, 0.1) is 0 Å². The number of thioether (sulfide) groups is 1. The van der Waals surface area contributed by atoms with Crippen LogP contribution in [0.25, 0.3) is 6.08 Å². The molecule has 1 aromatic carbocycles. The van der Waals surface area contributed by atoms with Gasteiger partial charge in [-0.05, 0) is 35.7 Å². The van der Waals surface area contributed by atoms with Crippen molar-refractivity contribution in [1.82, 2.24) is 4.90 Å². The number of hydrogen-bond acceptors (Lipinski definition) is 5. The molecule has 2 amide bonds. The molecular weight excluding hydrogens is 419 g/mol. The Labute approximate surface area is 167 Å². The van der Waals surface area contributed by atoms with Crippen molar-refractivity contribution in [2.24, 2.45) is 0 Å². The molecule has 1 aliphatic heterocycles. The van der Waals surface area contributed by atoms with Gasteiger partial charge in [0, 0.05) is 9.90 Å². The van der Waals surface area contributed by atoms with Gasteiger partial charge in [-0.2, -0.15) is 0 Å². The molecule has 128 valence electrons. The van der Waals surface area contributed by atoms with Crippen LogP contribution in [-0.4, -0.2) is 27.6 Å². The number of hydrogen-bond donors (Lipinski definition) is 1. The molecule has 1 aromatic heterocycles. The lowest BCUT2D eigenvalue weighted by atomic mass is 10.3. The van der Waals surface area contributed by atoms with E-state index in [-0.39, 0.29) is 12.5 Å². The monoisotopic (exact) mass is 428 g/mol. The smallest absolute Gasteiger partial charge is 0.266 e. The summed E-state index contributed by atoms with van der Waals surface area (Å²) >= 11 is 19.8. The first kappa shape index (κ1) is 18.4. The van der Waals surface area contributed by atoms with Crippen molar-refractivity contribution in [2.45, 2.75) is 0 Å². The molecule has 9 heteroatoms. The molecule has 0 aliphatic carbocycles. The van der Waals surface area contributed by atoms with Crippen LogP contribution < -0.4 is 5.32 Å². The predicted molar refractivity (Wildman–Crippen MR) is 109 cm³/mol. The highest BCUT2D eigenvalue weighted by Crippen LogP contribution is 2.33. The highest BCUT2D eigenvalue weighted by molar-refractivity contribution is 8.26. The van der Waals surface area contributed by atoms with E-state index in [1.165, 1.54) is 34.1 Å². The van der Waals surface area contributed by atoms with Gasteiger partial charge in [-0.1, -0.05) is 53.2 Å². The number of halogens is 2. The Balaban J connectivity index is 1.69. The van der Waals surface area contributed by atoms with Crippen molar-refractivity contribution in [3.05, 3.63) is 55.5 Å². The Bertz CT molecular complexity index is 882. The van der Waals surface area contributed by atoms with E-state index in [9.17, 15) is 9.59 Å². The number of amides is 2. The second kappa shape index (κ2) is 7.88. The fraction of sp³-hybridized carbons (Fsp3) is 0.0625. The van der Waals surface area contributed by atoms with E-state index in [2.05, 4.69) is 5.32 Å². The maximum absolute atomic E-state index is 12.5. The average molecular weight is 429 g/mol. The van der Waals surface area contributed by atoms with E-state index < -0.39 is 5.91 Å². The van der Waals surface area contributed by atoms with E-state index in [4.69, 9.17) is 35.4 Å². The molecular formula is C16H10Cl2N2O2S3.